The number of aryl methyl sites for hydroxylation is 1. The van der Waals surface area contributed by atoms with Crippen molar-refractivity contribution in [3.05, 3.63) is 23.7 Å². The van der Waals surface area contributed by atoms with Gasteiger partial charge < -0.3 is 14.8 Å². The Morgan fingerprint density at radius 3 is 2.77 bits per heavy atom. The zero-order valence-electron chi connectivity index (χ0n) is 8.21. The summed E-state index contributed by atoms with van der Waals surface area (Å²) in [7, 11) is 0. The van der Waals surface area contributed by atoms with Gasteiger partial charge in [0.25, 0.3) is 0 Å². The number of rotatable bonds is 5. The summed E-state index contributed by atoms with van der Waals surface area (Å²) in [5.74, 6) is 1.85. The van der Waals surface area contributed by atoms with E-state index < -0.39 is 0 Å². The molecule has 2 N–H and O–H groups in total. The van der Waals surface area contributed by atoms with Crippen LogP contribution in [-0.4, -0.2) is 17.8 Å². The lowest BCUT2D eigenvalue weighted by Crippen LogP contribution is -2.30. The van der Waals surface area contributed by atoms with E-state index in [0.717, 1.165) is 17.9 Å². The van der Waals surface area contributed by atoms with Gasteiger partial charge in [-0.3, -0.25) is 0 Å². The Kier molecular flexibility index (Phi) is 3.99. The zero-order valence-corrected chi connectivity index (χ0v) is 8.21. The summed E-state index contributed by atoms with van der Waals surface area (Å²) in [6, 6.07) is 4.06. The molecule has 0 saturated carbocycles. The molecule has 1 aromatic heterocycles. The zero-order chi connectivity index (χ0) is 9.68. The number of furan rings is 1. The van der Waals surface area contributed by atoms with Crippen LogP contribution in [0, 0.1) is 6.92 Å². The van der Waals surface area contributed by atoms with Crippen molar-refractivity contribution in [3.63, 3.8) is 0 Å². The SMILES string of the molecule is CC[C@H](CO)NCc1ccc(C)o1. The van der Waals surface area contributed by atoms with Crippen molar-refractivity contribution in [3.8, 4) is 0 Å². The van der Waals surface area contributed by atoms with Crippen molar-refractivity contribution in [1.29, 1.82) is 0 Å². The van der Waals surface area contributed by atoms with Crippen LogP contribution in [0.1, 0.15) is 24.9 Å². The summed E-state index contributed by atoms with van der Waals surface area (Å²) < 4.78 is 5.38. The molecular weight excluding hydrogens is 166 g/mol. The van der Waals surface area contributed by atoms with Crippen LogP contribution in [0.2, 0.25) is 0 Å². The fourth-order valence-corrected chi connectivity index (χ4v) is 1.16. The van der Waals surface area contributed by atoms with Crippen LogP contribution in [-0.2, 0) is 6.54 Å². The highest BCUT2D eigenvalue weighted by Crippen LogP contribution is 2.06. The van der Waals surface area contributed by atoms with Gasteiger partial charge in [0, 0.05) is 6.04 Å². The summed E-state index contributed by atoms with van der Waals surface area (Å²) in [6.07, 6.45) is 0.927. The van der Waals surface area contributed by atoms with E-state index in [9.17, 15) is 0 Å². The first-order valence-corrected chi connectivity index (χ1v) is 4.65. The molecule has 0 aromatic carbocycles. The highest BCUT2D eigenvalue weighted by molar-refractivity contribution is 5.05. The molecule has 0 aliphatic rings. The molecule has 1 aromatic rings. The fraction of sp³-hybridized carbons (Fsp3) is 0.600. The molecule has 3 nitrogen and oxygen atoms in total. The van der Waals surface area contributed by atoms with E-state index in [4.69, 9.17) is 9.52 Å². The molecule has 0 spiro atoms. The molecule has 0 aliphatic heterocycles. The fourth-order valence-electron chi connectivity index (χ4n) is 1.16. The van der Waals surface area contributed by atoms with Crippen LogP contribution in [0.15, 0.2) is 16.5 Å². The van der Waals surface area contributed by atoms with Gasteiger partial charge in [-0.1, -0.05) is 6.92 Å². The molecule has 13 heavy (non-hydrogen) atoms. The first kappa shape index (κ1) is 10.3. The molecule has 1 rings (SSSR count). The van der Waals surface area contributed by atoms with E-state index in [1.807, 2.05) is 26.0 Å². The van der Waals surface area contributed by atoms with Gasteiger partial charge in [0.1, 0.15) is 11.5 Å². The normalized spacial score (nSPS) is 13.2. The minimum atomic E-state index is 0.172. The van der Waals surface area contributed by atoms with E-state index in [1.54, 1.807) is 0 Å². The Bertz CT molecular complexity index is 241. The molecule has 74 valence electrons. The minimum absolute atomic E-state index is 0.172. The molecule has 0 bridgehead atoms. The number of aliphatic hydroxyl groups excluding tert-OH is 1. The van der Waals surface area contributed by atoms with Gasteiger partial charge >= 0.3 is 0 Å². The average Bonchev–Trinajstić information content (AvgIpc) is 2.53. The number of hydrogen-bond donors (Lipinski definition) is 2. The van der Waals surface area contributed by atoms with Gasteiger partial charge in [-0.25, -0.2) is 0 Å². The van der Waals surface area contributed by atoms with Gasteiger partial charge in [0.15, 0.2) is 0 Å². The lowest BCUT2D eigenvalue weighted by molar-refractivity contribution is 0.235. The van der Waals surface area contributed by atoms with Crippen LogP contribution in [0.5, 0.6) is 0 Å². The summed E-state index contributed by atoms with van der Waals surface area (Å²) in [5, 5.41) is 12.1. The maximum Gasteiger partial charge on any atom is 0.117 e. The van der Waals surface area contributed by atoms with Crippen LogP contribution in [0.4, 0.5) is 0 Å². The number of aliphatic hydroxyl groups is 1. The second kappa shape index (κ2) is 5.04. The summed E-state index contributed by atoms with van der Waals surface area (Å²) in [6.45, 7) is 4.83. The first-order valence-electron chi connectivity index (χ1n) is 4.65. The van der Waals surface area contributed by atoms with Crippen molar-refractivity contribution in [2.45, 2.75) is 32.9 Å². The Morgan fingerprint density at radius 2 is 2.31 bits per heavy atom. The van der Waals surface area contributed by atoms with E-state index >= 15 is 0 Å². The van der Waals surface area contributed by atoms with Crippen LogP contribution in [0.3, 0.4) is 0 Å². The third-order valence-electron chi connectivity index (χ3n) is 2.07. The molecule has 1 atom stereocenters. The van der Waals surface area contributed by atoms with E-state index in [0.29, 0.717) is 6.54 Å². The highest BCUT2D eigenvalue weighted by Gasteiger charge is 2.04. The summed E-state index contributed by atoms with van der Waals surface area (Å²) in [5.41, 5.74) is 0. The highest BCUT2D eigenvalue weighted by atomic mass is 16.3. The maximum atomic E-state index is 8.92. The Hall–Kier alpha value is -0.800. The van der Waals surface area contributed by atoms with E-state index in [1.165, 1.54) is 0 Å². The smallest absolute Gasteiger partial charge is 0.117 e. The molecule has 0 saturated heterocycles. The van der Waals surface area contributed by atoms with Crippen molar-refractivity contribution in [2.75, 3.05) is 6.61 Å². The molecule has 0 aliphatic carbocycles. The van der Waals surface area contributed by atoms with E-state index in [-0.39, 0.29) is 12.6 Å². The van der Waals surface area contributed by atoms with Gasteiger partial charge in [-0.15, -0.1) is 0 Å². The molecular formula is C10H17NO2. The number of hydrogen-bond acceptors (Lipinski definition) is 3. The largest absolute Gasteiger partial charge is 0.465 e. The second-order valence-electron chi connectivity index (χ2n) is 3.18. The third kappa shape index (κ3) is 3.20. The predicted molar refractivity (Wildman–Crippen MR) is 51.4 cm³/mol. The summed E-state index contributed by atoms with van der Waals surface area (Å²) >= 11 is 0. The Morgan fingerprint density at radius 1 is 1.54 bits per heavy atom. The topological polar surface area (TPSA) is 45.4 Å². The lowest BCUT2D eigenvalue weighted by Gasteiger charge is -2.12. The van der Waals surface area contributed by atoms with Gasteiger partial charge in [-0.2, -0.15) is 0 Å². The van der Waals surface area contributed by atoms with Gasteiger partial charge in [0.05, 0.1) is 13.2 Å². The van der Waals surface area contributed by atoms with Crippen molar-refractivity contribution in [1.82, 2.24) is 5.32 Å². The van der Waals surface area contributed by atoms with E-state index in [2.05, 4.69) is 5.32 Å². The van der Waals surface area contributed by atoms with Crippen molar-refractivity contribution >= 4 is 0 Å². The van der Waals surface area contributed by atoms with Crippen molar-refractivity contribution in [2.24, 2.45) is 0 Å². The average molecular weight is 183 g/mol. The summed E-state index contributed by atoms with van der Waals surface area (Å²) in [4.78, 5) is 0. The standard InChI is InChI=1S/C10H17NO2/c1-3-9(7-12)11-6-10-5-4-8(2)13-10/h4-5,9,11-12H,3,6-7H2,1-2H3/t9-/m1/s1. The Labute approximate surface area is 78.8 Å². The molecule has 0 unspecified atom stereocenters. The minimum Gasteiger partial charge on any atom is -0.465 e. The van der Waals surface area contributed by atoms with Gasteiger partial charge in [-0.05, 0) is 25.5 Å². The van der Waals surface area contributed by atoms with Gasteiger partial charge in [0.2, 0.25) is 0 Å². The molecule has 1 heterocycles. The Balaban J connectivity index is 2.33. The van der Waals surface area contributed by atoms with Crippen LogP contribution in [0.25, 0.3) is 0 Å². The number of nitrogens with one attached hydrogen (secondary N) is 1. The van der Waals surface area contributed by atoms with Crippen molar-refractivity contribution < 1.29 is 9.52 Å². The van der Waals surface area contributed by atoms with Crippen LogP contribution < -0.4 is 5.32 Å². The molecule has 0 fully saturated rings. The first-order chi connectivity index (χ1) is 6.26. The second-order valence-corrected chi connectivity index (χ2v) is 3.18. The maximum absolute atomic E-state index is 8.92. The van der Waals surface area contributed by atoms with Crippen LogP contribution >= 0.6 is 0 Å². The molecule has 3 heteroatoms. The quantitative estimate of drug-likeness (QED) is 0.726. The molecule has 0 radical (unpaired) electrons. The predicted octanol–water partition coefficient (Wildman–Crippen LogP) is 1.45. The third-order valence-corrected chi connectivity index (χ3v) is 2.07. The lowest BCUT2D eigenvalue weighted by atomic mass is 10.2. The monoisotopic (exact) mass is 183 g/mol. The molecule has 0 amide bonds.